The molecule has 0 aliphatic heterocycles. The van der Waals surface area contributed by atoms with Gasteiger partial charge >= 0.3 is 12.1 Å². The molecule has 1 N–H and O–H groups in total. The van der Waals surface area contributed by atoms with Crippen LogP contribution in [0.4, 0.5) is 4.79 Å². The van der Waals surface area contributed by atoms with Gasteiger partial charge in [-0.25, -0.2) is 4.79 Å². The van der Waals surface area contributed by atoms with E-state index >= 15 is 0 Å². The Morgan fingerprint density at radius 2 is 1.77 bits per heavy atom. The molecule has 0 saturated carbocycles. The van der Waals surface area contributed by atoms with E-state index in [1.165, 1.54) is 0 Å². The van der Waals surface area contributed by atoms with Crippen LogP contribution in [0.5, 0.6) is 0 Å². The Bertz CT molecular complexity index is 508. The maximum Gasteiger partial charge on any atom is 0.410 e. The quantitative estimate of drug-likeness (QED) is 0.654. The molecule has 1 rings (SSSR count). The Labute approximate surface area is 135 Å². The van der Waals surface area contributed by atoms with E-state index in [1.54, 1.807) is 32.9 Å². The van der Waals surface area contributed by atoms with Crippen LogP contribution in [0.15, 0.2) is 24.3 Å². The number of hydrogen-bond acceptors (Lipinski definition) is 4. The van der Waals surface area contributed by atoms with E-state index < -0.39 is 24.3 Å². The number of hydrogen-bond donors (Lipinski definition) is 1. The van der Waals surface area contributed by atoms with Crippen LogP contribution in [-0.2, 0) is 14.3 Å². The average molecular weight is 328 g/mol. The summed E-state index contributed by atoms with van der Waals surface area (Å²) < 4.78 is 9.74. The summed E-state index contributed by atoms with van der Waals surface area (Å²) in [7, 11) is 0. The van der Waals surface area contributed by atoms with Crippen molar-refractivity contribution in [3.05, 3.63) is 34.9 Å². The summed E-state index contributed by atoms with van der Waals surface area (Å²) in [4.78, 5) is 23.3. The van der Waals surface area contributed by atoms with Gasteiger partial charge in [0.25, 0.3) is 0 Å². The first kappa shape index (κ1) is 18.3. The van der Waals surface area contributed by atoms with Gasteiger partial charge in [-0.2, -0.15) is 0 Å². The van der Waals surface area contributed by atoms with Gasteiger partial charge in [-0.3, -0.25) is 4.79 Å². The maximum atomic E-state index is 11.7. The van der Waals surface area contributed by atoms with E-state index in [0.717, 1.165) is 5.56 Å². The van der Waals surface area contributed by atoms with Gasteiger partial charge in [0.1, 0.15) is 0 Å². The zero-order valence-electron chi connectivity index (χ0n) is 13.3. The minimum absolute atomic E-state index is 0.192. The number of rotatable bonds is 5. The molecule has 0 bridgehead atoms. The second-order valence-corrected chi connectivity index (χ2v) is 6.32. The molecule has 22 heavy (non-hydrogen) atoms. The van der Waals surface area contributed by atoms with Crippen LogP contribution in [0.3, 0.4) is 0 Å². The molecule has 0 aliphatic carbocycles. The lowest BCUT2D eigenvalue weighted by atomic mass is 9.98. The van der Waals surface area contributed by atoms with Crippen LogP contribution in [0, 0.1) is 5.41 Å². The van der Waals surface area contributed by atoms with E-state index in [0.29, 0.717) is 11.4 Å². The minimum atomic E-state index is -0.636. The third kappa shape index (κ3) is 5.93. The fourth-order valence-electron chi connectivity index (χ4n) is 1.65. The Morgan fingerprint density at radius 3 is 2.27 bits per heavy atom. The number of ether oxygens (including phenoxy) is 2. The van der Waals surface area contributed by atoms with E-state index in [4.69, 9.17) is 21.1 Å². The van der Waals surface area contributed by atoms with Crippen molar-refractivity contribution in [3.63, 3.8) is 0 Å². The molecular formula is C16H22ClNO4. The molecule has 0 aliphatic rings. The molecule has 0 saturated heterocycles. The number of halogens is 1. The number of carbonyl (C=O) groups is 2. The van der Waals surface area contributed by atoms with Gasteiger partial charge in [0, 0.05) is 5.02 Å². The topological polar surface area (TPSA) is 64.6 Å². The number of esters is 1. The van der Waals surface area contributed by atoms with Crippen molar-refractivity contribution < 1.29 is 19.1 Å². The molecule has 1 aromatic carbocycles. The van der Waals surface area contributed by atoms with E-state index in [1.807, 2.05) is 19.1 Å². The van der Waals surface area contributed by atoms with Gasteiger partial charge in [-0.05, 0) is 44.9 Å². The van der Waals surface area contributed by atoms with E-state index in [2.05, 4.69) is 5.32 Å². The Morgan fingerprint density at radius 1 is 1.18 bits per heavy atom. The lowest BCUT2D eigenvalue weighted by molar-refractivity contribution is -0.161. The molecular weight excluding hydrogens is 306 g/mol. The second kappa shape index (κ2) is 8.03. The third-order valence-electron chi connectivity index (χ3n) is 2.97. The number of amides is 1. The molecule has 6 heteroatoms. The van der Waals surface area contributed by atoms with Crippen molar-refractivity contribution in [3.8, 4) is 0 Å². The Kier molecular flexibility index (Phi) is 6.68. The Hall–Kier alpha value is -1.75. The van der Waals surface area contributed by atoms with Crippen molar-refractivity contribution in [2.24, 2.45) is 5.41 Å². The van der Waals surface area contributed by atoms with E-state index in [9.17, 15) is 9.59 Å². The van der Waals surface area contributed by atoms with Crippen molar-refractivity contribution in [1.29, 1.82) is 0 Å². The molecule has 0 heterocycles. The smallest absolute Gasteiger partial charge is 0.410 e. The predicted molar refractivity (Wildman–Crippen MR) is 84.5 cm³/mol. The second-order valence-electron chi connectivity index (χ2n) is 5.89. The molecule has 0 fully saturated rings. The molecule has 0 radical (unpaired) electrons. The summed E-state index contributed by atoms with van der Waals surface area (Å²) in [6, 6.07) is 7.02. The first-order valence-electron chi connectivity index (χ1n) is 7.10. The lowest BCUT2D eigenvalue weighted by Gasteiger charge is -2.19. The first-order valence-corrected chi connectivity index (χ1v) is 7.47. The van der Waals surface area contributed by atoms with Crippen LogP contribution < -0.4 is 5.32 Å². The highest BCUT2D eigenvalue weighted by atomic mass is 35.5. The van der Waals surface area contributed by atoms with Crippen LogP contribution in [0.25, 0.3) is 0 Å². The van der Waals surface area contributed by atoms with Crippen molar-refractivity contribution in [1.82, 2.24) is 5.32 Å². The zero-order valence-corrected chi connectivity index (χ0v) is 14.1. The summed E-state index contributed by atoms with van der Waals surface area (Å²) in [6.45, 7) is 6.72. The first-order chi connectivity index (χ1) is 10.2. The minimum Gasteiger partial charge on any atom is -0.427 e. The highest BCUT2D eigenvalue weighted by Gasteiger charge is 2.23. The molecule has 5 nitrogen and oxygen atoms in total. The van der Waals surface area contributed by atoms with Crippen molar-refractivity contribution >= 4 is 23.7 Å². The number of alkyl carbamates (subject to hydrolysis) is 1. The molecule has 0 aromatic heterocycles. The predicted octanol–water partition coefficient (Wildman–Crippen LogP) is 4.06. The normalized spacial score (nSPS) is 12.4. The number of nitrogens with one attached hydrogen (secondary N) is 1. The van der Waals surface area contributed by atoms with Crippen LogP contribution in [-0.4, -0.2) is 18.9 Å². The molecule has 0 spiro atoms. The summed E-state index contributed by atoms with van der Waals surface area (Å²) >= 11 is 5.84. The SMILES string of the molecule is CCC(NC(=O)OCOC(=O)C(C)(C)C)c1ccc(Cl)cc1. The standard InChI is InChI=1S/C16H22ClNO4/c1-5-13(11-6-8-12(17)9-7-11)18-15(20)22-10-21-14(19)16(2,3)4/h6-9,13H,5,10H2,1-4H3,(H,18,20). The fraction of sp³-hybridized carbons (Fsp3) is 0.500. The van der Waals surface area contributed by atoms with Gasteiger partial charge in [0.2, 0.25) is 6.79 Å². The highest BCUT2D eigenvalue weighted by molar-refractivity contribution is 6.30. The lowest BCUT2D eigenvalue weighted by Crippen LogP contribution is -2.31. The summed E-state index contributed by atoms with van der Waals surface area (Å²) in [6.07, 6.45) is 0.0573. The van der Waals surface area contributed by atoms with Crippen molar-refractivity contribution in [2.75, 3.05) is 6.79 Å². The van der Waals surface area contributed by atoms with Crippen LogP contribution >= 0.6 is 11.6 Å². The van der Waals surface area contributed by atoms with Crippen LogP contribution in [0.1, 0.15) is 45.7 Å². The molecule has 1 aromatic rings. The largest absolute Gasteiger partial charge is 0.427 e. The van der Waals surface area contributed by atoms with Gasteiger partial charge in [-0.1, -0.05) is 30.7 Å². The summed E-state index contributed by atoms with van der Waals surface area (Å²) in [5.74, 6) is -0.426. The monoisotopic (exact) mass is 327 g/mol. The van der Waals surface area contributed by atoms with E-state index in [-0.39, 0.29) is 6.04 Å². The fourth-order valence-corrected chi connectivity index (χ4v) is 1.78. The van der Waals surface area contributed by atoms with Gasteiger partial charge in [0.15, 0.2) is 0 Å². The number of benzene rings is 1. The van der Waals surface area contributed by atoms with Gasteiger partial charge in [0.05, 0.1) is 11.5 Å². The van der Waals surface area contributed by atoms with Crippen LogP contribution in [0.2, 0.25) is 5.02 Å². The maximum absolute atomic E-state index is 11.7. The summed E-state index contributed by atoms with van der Waals surface area (Å²) in [5.41, 5.74) is 0.297. The molecule has 1 amide bonds. The Balaban J connectivity index is 2.46. The molecule has 1 atom stereocenters. The van der Waals surface area contributed by atoms with Gasteiger partial charge in [-0.15, -0.1) is 0 Å². The average Bonchev–Trinajstić information content (AvgIpc) is 2.44. The molecule has 122 valence electrons. The zero-order chi connectivity index (χ0) is 16.8. The molecule has 1 unspecified atom stereocenters. The van der Waals surface area contributed by atoms with Crippen molar-refractivity contribution in [2.45, 2.75) is 40.2 Å². The van der Waals surface area contributed by atoms with Gasteiger partial charge < -0.3 is 14.8 Å². The third-order valence-corrected chi connectivity index (χ3v) is 3.22. The summed E-state index contributed by atoms with van der Waals surface area (Å²) in [5, 5.41) is 3.35. The number of carbonyl (C=O) groups excluding carboxylic acids is 2. The highest BCUT2D eigenvalue weighted by Crippen LogP contribution is 2.19.